The number of pyridine rings is 1. The highest BCUT2D eigenvalue weighted by Gasteiger charge is 2.20. The lowest BCUT2D eigenvalue weighted by atomic mass is 9.80. The first-order valence-corrected chi connectivity index (χ1v) is 11.4. The average Bonchev–Trinajstić information content (AvgIpc) is 3.49. The van der Waals surface area contributed by atoms with Crippen LogP contribution in [0.5, 0.6) is 0 Å². The number of hydrogen-bond acceptors (Lipinski definition) is 5. The third-order valence-corrected chi connectivity index (χ3v) is 5.99. The van der Waals surface area contributed by atoms with Gasteiger partial charge < -0.3 is 15.6 Å². The van der Waals surface area contributed by atoms with E-state index in [0.29, 0.717) is 23.8 Å². The Labute approximate surface area is 175 Å². The van der Waals surface area contributed by atoms with Crippen LogP contribution in [0, 0.1) is 6.92 Å². The van der Waals surface area contributed by atoms with Crippen molar-refractivity contribution in [2.75, 3.05) is 16.9 Å². The van der Waals surface area contributed by atoms with Crippen LogP contribution in [0.1, 0.15) is 55.8 Å². The number of benzene rings is 1. The van der Waals surface area contributed by atoms with E-state index >= 15 is 0 Å². The topological polar surface area (TPSA) is 82.7 Å². The third kappa shape index (κ3) is 4.72. The maximum Gasteiger partial charge on any atom is 0.212 e. The molecule has 3 N–H and O–H groups in total. The number of rotatable bonds is 6. The Bertz CT molecular complexity index is 1010. The maximum absolute atomic E-state index is 10.8. The number of H-pyrrole nitrogens is 1. The lowest BCUT2D eigenvalue weighted by Crippen LogP contribution is -2.09. The first-order valence-electron chi connectivity index (χ1n) is 10.2. The summed E-state index contributed by atoms with van der Waals surface area (Å²) in [4.78, 5) is 24.0. The zero-order valence-corrected chi connectivity index (χ0v) is 17.7. The number of fused-ring (bicyclic) bond motifs is 1. The largest absolute Gasteiger partial charge is 0.353 e. The molecule has 1 amide bonds. The number of imidazole rings is 1. The number of nitrogens with one attached hydrogen (secondary N) is 3. The summed E-state index contributed by atoms with van der Waals surface area (Å²) in [6.07, 6.45) is 11.1. The monoisotopic (exact) mass is 409 g/mol. The zero-order chi connectivity index (χ0) is 20.2. The molecule has 29 heavy (non-hydrogen) atoms. The van der Waals surface area contributed by atoms with E-state index in [4.69, 9.17) is 0 Å². The van der Waals surface area contributed by atoms with Crippen LogP contribution in [0.15, 0.2) is 29.2 Å². The Balaban J connectivity index is 0.000000626. The Morgan fingerprint density at radius 2 is 1.90 bits per heavy atom. The highest BCUT2D eigenvalue weighted by atomic mass is 32.2. The number of aromatic amines is 1. The number of carbonyl (C=O) groups is 1. The summed E-state index contributed by atoms with van der Waals surface area (Å²) in [7, 11) is 0. The van der Waals surface area contributed by atoms with E-state index in [9.17, 15) is 4.79 Å². The van der Waals surface area contributed by atoms with Gasteiger partial charge in [-0.05, 0) is 49.6 Å². The number of nitrogens with zero attached hydrogens (tertiary/aromatic N) is 2. The molecule has 5 rings (SSSR count). The first kappa shape index (κ1) is 19.8. The van der Waals surface area contributed by atoms with E-state index < -0.39 is 0 Å². The second-order valence-corrected chi connectivity index (χ2v) is 8.46. The van der Waals surface area contributed by atoms with Gasteiger partial charge in [-0.15, -0.1) is 11.8 Å². The van der Waals surface area contributed by atoms with Crippen molar-refractivity contribution in [3.05, 3.63) is 35.7 Å². The molecule has 2 aromatic heterocycles. The number of carbonyl (C=O) groups excluding carboxylic acids is 1. The van der Waals surface area contributed by atoms with E-state index in [-0.39, 0.29) is 0 Å². The summed E-state index contributed by atoms with van der Waals surface area (Å²) in [5.74, 6) is 1.96. The second kappa shape index (κ2) is 8.86. The molecule has 2 aliphatic rings. The van der Waals surface area contributed by atoms with Gasteiger partial charge in [-0.1, -0.05) is 31.7 Å². The van der Waals surface area contributed by atoms with Gasteiger partial charge in [0.1, 0.15) is 17.2 Å². The van der Waals surface area contributed by atoms with Crippen molar-refractivity contribution in [2.45, 2.75) is 56.3 Å². The molecule has 1 aromatic carbocycles. The van der Waals surface area contributed by atoms with Crippen LogP contribution in [0.3, 0.4) is 0 Å². The summed E-state index contributed by atoms with van der Waals surface area (Å²) in [5, 5.41) is 6.10. The Kier molecular flexibility index (Phi) is 6.04. The van der Waals surface area contributed by atoms with Gasteiger partial charge >= 0.3 is 0 Å². The van der Waals surface area contributed by atoms with Crippen molar-refractivity contribution in [3.8, 4) is 0 Å². The summed E-state index contributed by atoms with van der Waals surface area (Å²) in [6, 6.07) is 8.46. The smallest absolute Gasteiger partial charge is 0.212 e. The van der Waals surface area contributed by atoms with Crippen molar-refractivity contribution < 1.29 is 4.79 Å². The van der Waals surface area contributed by atoms with Crippen molar-refractivity contribution in [1.82, 2.24) is 15.0 Å². The predicted octanol–water partition coefficient (Wildman–Crippen LogP) is 5.74. The van der Waals surface area contributed by atoms with Gasteiger partial charge in [-0.3, -0.25) is 4.79 Å². The maximum atomic E-state index is 10.8. The van der Waals surface area contributed by atoms with Crippen molar-refractivity contribution in [3.63, 3.8) is 0 Å². The molecule has 0 radical (unpaired) electrons. The lowest BCUT2D eigenvalue weighted by molar-refractivity contribution is -0.105. The molecule has 0 saturated heterocycles. The van der Waals surface area contributed by atoms with Gasteiger partial charge in [0.25, 0.3) is 0 Å². The molecule has 152 valence electrons. The summed E-state index contributed by atoms with van der Waals surface area (Å²) in [6.45, 7) is 1.89. The summed E-state index contributed by atoms with van der Waals surface area (Å²) in [5.41, 5.74) is 4.71. The number of thioether (sulfide) groups is 1. The minimum Gasteiger partial charge on any atom is -0.353 e. The Hall–Kier alpha value is -2.54. The molecule has 0 spiro atoms. The van der Waals surface area contributed by atoms with Gasteiger partial charge in [-0.2, -0.15) is 0 Å². The van der Waals surface area contributed by atoms with Crippen LogP contribution in [-0.2, 0) is 4.79 Å². The van der Waals surface area contributed by atoms with Gasteiger partial charge in [0.15, 0.2) is 5.65 Å². The zero-order valence-electron chi connectivity index (χ0n) is 16.9. The van der Waals surface area contributed by atoms with Crippen LogP contribution in [0.4, 0.5) is 17.2 Å². The molecule has 7 heteroatoms. The van der Waals surface area contributed by atoms with Crippen LogP contribution < -0.4 is 10.6 Å². The molecule has 2 fully saturated rings. The molecular weight excluding hydrogens is 382 g/mol. The molecule has 0 atom stereocenters. The lowest BCUT2D eigenvalue weighted by Gasteiger charge is -2.26. The highest BCUT2D eigenvalue weighted by molar-refractivity contribution is 7.98. The number of hydrogen-bond donors (Lipinski definition) is 3. The molecule has 0 bridgehead atoms. The number of aromatic nitrogens is 3. The van der Waals surface area contributed by atoms with E-state index in [0.717, 1.165) is 22.7 Å². The normalized spacial score (nSPS) is 15.2. The SMILES string of the molecule is C1CC1.CSc1cc(C2CCC2)ccc1Nc1cc(NC=O)nc2nc(C)[nH]c12. The molecular formula is C22H27N5OS. The van der Waals surface area contributed by atoms with E-state index in [1.54, 1.807) is 11.8 Å². The molecule has 2 heterocycles. The number of amides is 1. The van der Waals surface area contributed by atoms with Crippen LogP contribution >= 0.6 is 11.8 Å². The van der Waals surface area contributed by atoms with Crippen LogP contribution in [0.25, 0.3) is 11.2 Å². The number of aryl methyl sites for hydroxylation is 1. The van der Waals surface area contributed by atoms with E-state index in [1.165, 1.54) is 49.0 Å². The quantitative estimate of drug-likeness (QED) is 0.357. The average molecular weight is 410 g/mol. The molecule has 0 aliphatic heterocycles. The van der Waals surface area contributed by atoms with Gasteiger partial charge in [0, 0.05) is 11.0 Å². The predicted molar refractivity (Wildman–Crippen MR) is 120 cm³/mol. The minimum atomic E-state index is 0.471. The fraction of sp³-hybridized carbons (Fsp3) is 0.409. The van der Waals surface area contributed by atoms with Gasteiger partial charge in [0.05, 0.1) is 11.4 Å². The highest BCUT2D eigenvalue weighted by Crippen LogP contribution is 2.40. The van der Waals surface area contributed by atoms with Gasteiger partial charge in [0.2, 0.25) is 6.41 Å². The van der Waals surface area contributed by atoms with Crippen LogP contribution in [-0.4, -0.2) is 27.6 Å². The first-order chi connectivity index (χ1) is 14.2. The van der Waals surface area contributed by atoms with Crippen LogP contribution in [0.2, 0.25) is 0 Å². The fourth-order valence-electron chi connectivity index (χ4n) is 3.29. The Morgan fingerprint density at radius 3 is 2.52 bits per heavy atom. The van der Waals surface area contributed by atoms with E-state index in [2.05, 4.69) is 50.0 Å². The van der Waals surface area contributed by atoms with Crippen molar-refractivity contribution in [2.24, 2.45) is 0 Å². The van der Waals surface area contributed by atoms with Gasteiger partial charge in [-0.25, -0.2) is 9.97 Å². The standard InChI is InChI=1S/C19H21N5OS.C3H6/c1-11-21-18-15(9-17(20-10-25)24-19(18)22-11)23-14-7-6-13(8-16(14)26-2)12-4-3-5-12;1-2-3-1/h6-10,12H,3-5H2,1-2H3,(H3,20,21,22,23,24,25);1-3H2. The molecule has 2 saturated carbocycles. The molecule has 0 unspecified atom stereocenters. The summed E-state index contributed by atoms with van der Waals surface area (Å²) < 4.78 is 0. The second-order valence-electron chi connectivity index (χ2n) is 7.61. The molecule has 6 nitrogen and oxygen atoms in total. The summed E-state index contributed by atoms with van der Waals surface area (Å²) >= 11 is 1.73. The van der Waals surface area contributed by atoms with E-state index in [1.807, 2.05) is 13.0 Å². The Morgan fingerprint density at radius 1 is 1.10 bits per heavy atom. The third-order valence-electron chi connectivity index (χ3n) is 5.21. The molecule has 3 aromatic rings. The number of anilines is 3. The minimum absolute atomic E-state index is 0.471. The van der Waals surface area contributed by atoms with Crippen molar-refractivity contribution in [1.29, 1.82) is 0 Å². The fourth-order valence-corrected chi connectivity index (χ4v) is 3.88. The van der Waals surface area contributed by atoms with Crippen molar-refractivity contribution >= 4 is 46.5 Å². The molecule has 2 aliphatic carbocycles.